The third kappa shape index (κ3) is 5.44. The van der Waals surface area contributed by atoms with Crippen LogP contribution < -0.4 is 10.0 Å². The summed E-state index contributed by atoms with van der Waals surface area (Å²) >= 11 is 0. The minimum atomic E-state index is -3.63. The van der Waals surface area contributed by atoms with Gasteiger partial charge in [-0.3, -0.25) is 4.79 Å². The molecule has 4 aromatic rings. The average Bonchev–Trinajstić information content (AvgIpc) is 3.22. The lowest BCUT2D eigenvalue weighted by Crippen LogP contribution is -2.24. The molecule has 9 heteroatoms. The number of fused-ring (bicyclic) bond motifs is 1. The van der Waals surface area contributed by atoms with E-state index >= 15 is 0 Å². The summed E-state index contributed by atoms with van der Waals surface area (Å²) in [6.45, 7) is 2.94. The van der Waals surface area contributed by atoms with Gasteiger partial charge in [-0.1, -0.05) is 49.7 Å². The number of benzene rings is 2. The minimum absolute atomic E-state index is 0.104. The van der Waals surface area contributed by atoms with E-state index in [0.717, 1.165) is 23.8 Å². The Labute approximate surface area is 192 Å². The summed E-state index contributed by atoms with van der Waals surface area (Å²) in [5, 5.41) is 7.89. The summed E-state index contributed by atoms with van der Waals surface area (Å²) in [6, 6.07) is 17.8. The Hall–Kier alpha value is -3.56. The highest BCUT2D eigenvalue weighted by Gasteiger charge is 2.15. The summed E-state index contributed by atoms with van der Waals surface area (Å²) in [4.78, 5) is 17.3. The van der Waals surface area contributed by atoms with Crippen molar-refractivity contribution < 1.29 is 13.2 Å². The number of nitrogens with zero attached hydrogens (tertiary/aromatic N) is 3. The second-order valence-corrected chi connectivity index (χ2v) is 9.42. The number of sulfonamides is 1. The van der Waals surface area contributed by atoms with Crippen LogP contribution in [0.25, 0.3) is 11.0 Å². The zero-order valence-corrected chi connectivity index (χ0v) is 19.0. The van der Waals surface area contributed by atoms with Crippen LogP contribution in [0.5, 0.6) is 0 Å². The van der Waals surface area contributed by atoms with Crippen LogP contribution >= 0.6 is 0 Å². The van der Waals surface area contributed by atoms with Crippen molar-refractivity contribution >= 4 is 32.7 Å². The van der Waals surface area contributed by atoms with Crippen LogP contribution in [0, 0.1) is 0 Å². The highest BCUT2D eigenvalue weighted by Crippen LogP contribution is 2.18. The van der Waals surface area contributed by atoms with Crippen molar-refractivity contribution in [2.45, 2.75) is 31.2 Å². The summed E-state index contributed by atoms with van der Waals surface area (Å²) in [5.74, 6) is -0.381. The van der Waals surface area contributed by atoms with Crippen molar-refractivity contribution in [3.05, 3.63) is 84.2 Å². The highest BCUT2D eigenvalue weighted by atomic mass is 32.2. The van der Waals surface area contributed by atoms with Gasteiger partial charge in [0, 0.05) is 23.8 Å². The van der Waals surface area contributed by atoms with Crippen molar-refractivity contribution in [2.24, 2.45) is 0 Å². The molecule has 0 aliphatic carbocycles. The maximum atomic E-state index is 12.8. The molecular weight excluding hydrogens is 438 g/mol. The van der Waals surface area contributed by atoms with E-state index < -0.39 is 10.0 Å². The first-order valence-corrected chi connectivity index (χ1v) is 12.2. The second kappa shape index (κ2) is 9.93. The number of aromatic nitrogens is 3. The van der Waals surface area contributed by atoms with Gasteiger partial charge in [0.15, 0.2) is 5.65 Å². The zero-order chi connectivity index (χ0) is 23.3. The maximum absolute atomic E-state index is 12.8. The summed E-state index contributed by atoms with van der Waals surface area (Å²) in [5.41, 5.74) is 2.53. The van der Waals surface area contributed by atoms with E-state index in [1.165, 1.54) is 18.3 Å². The fourth-order valence-electron chi connectivity index (χ4n) is 3.38. The molecule has 8 nitrogen and oxygen atoms in total. The normalized spacial score (nSPS) is 11.5. The van der Waals surface area contributed by atoms with Gasteiger partial charge < -0.3 is 5.32 Å². The molecule has 1 amide bonds. The lowest BCUT2D eigenvalue weighted by molar-refractivity contribution is 0.102. The number of unbranched alkanes of at least 4 members (excludes halogenated alkanes) is 1. The van der Waals surface area contributed by atoms with Crippen molar-refractivity contribution in [2.75, 3.05) is 11.9 Å². The van der Waals surface area contributed by atoms with Crippen molar-refractivity contribution in [3.63, 3.8) is 0 Å². The summed E-state index contributed by atoms with van der Waals surface area (Å²) < 4.78 is 29.3. The van der Waals surface area contributed by atoms with E-state index in [0.29, 0.717) is 30.0 Å². The topological polar surface area (TPSA) is 106 Å². The Bertz CT molecular complexity index is 1370. The van der Waals surface area contributed by atoms with Gasteiger partial charge in [0.1, 0.15) is 0 Å². The van der Waals surface area contributed by atoms with E-state index in [1.54, 1.807) is 29.1 Å². The molecule has 0 saturated heterocycles. The Kier molecular flexibility index (Phi) is 6.81. The van der Waals surface area contributed by atoms with Crippen LogP contribution in [0.3, 0.4) is 0 Å². The fourth-order valence-corrected chi connectivity index (χ4v) is 4.50. The number of nitrogens with one attached hydrogen (secondary N) is 2. The van der Waals surface area contributed by atoms with Gasteiger partial charge >= 0.3 is 0 Å². The lowest BCUT2D eigenvalue weighted by atomic mass is 10.2. The van der Waals surface area contributed by atoms with Gasteiger partial charge in [-0.25, -0.2) is 22.8 Å². The number of rotatable bonds is 9. The molecule has 170 valence electrons. The van der Waals surface area contributed by atoms with Gasteiger partial charge in [0.25, 0.3) is 5.91 Å². The number of anilines is 1. The number of amides is 1. The van der Waals surface area contributed by atoms with Crippen LogP contribution in [0.15, 0.2) is 78.0 Å². The molecule has 0 aliphatic rings. The molecule has 33 heavy (non-hydrogen) atoms. The largest absolute Gasteiger partial charge is 0.322 e. The molecule has 2 aromatic carbocycles. The summed E-state index contributed by atoms with van der Waals surface area (Å²) in [6.07, 6.45) is 4.82. The standard InChI is InChI=1S/C24H25N5O3S/c1-2-3-12-27-33(31,32)22-11-7-10-21(14-22)28-24(30)20-13-19-16-26-29(23(19)25-15-20)17-18-8-5-4-6-9-18/h4-11,13-16,27H,2-3,12,17H2,1H3,(H,28,30). The van der Waals surface area contributed by atoms with E-state index in [2.05, 4.69) is 20.1 Å². The van der Waals surface area contributed by atoms with Crippen molar-refractivity contribution in [3.8, 4) is 0 Å². The number of carbonyl (C=O) groups excluding carboxylic acids is 1. The number of carbonyl (C=O) groups is 1. The molecule has 0 bridgehead atoms. The fraction of sp³-hybridized carbons (Fsp3) is 0.208. The van der Waals surface area contributed by atoms with Crippen molar-refractivity contribution in [1.29, 1.82) is 0 Å². The SMILES string of the molecule is CCCCNS(=O)(=O)c1cccc(NC(=O)c2cnc3c(cnn3Cc3ccccc3)c2)c1. The molecule has 0 fully saturated rings. The smallest absolute Gasteiger partial charge is 0.257 e. The first kappa shape index (κ1) is 22.6. The zero-order valence-electron chi connectivity index (χ0n) is 18.2. The predicted molar refractivity (Wildman–Crippen MR) is 128 cm³/mol. The van der Waals surface area contributed by atoms with E-state index in [-0.39, 0.29) is 10.8 Å². The molecule has 0 spiro atoms. The van der Waals surface area contributed by atoms with Crippen LogP contribution in [0.1, 0.15) is 35.7 Å². The average molecular weight is 464 g/mol. The predicted octanol–water partition coefficient (Wildman–Crippen LogP) is 3.81. The third-order valence-electron chi connectivity index (χ3n) is 5.14. The third-order valence-corrected chi connectivity index (χ3v) is 6.60. The molecule has 0 atom stereocenters. The van der Waals surface area contributed by atoms with E-state index in [9.17, 15) is 13.2 Å². The lowest BCUT2D eigenvalue weighted by Gasteiger charge is -2.09. The highest BCUT2D eigenvalue weighted by molar-refractivity contribution is 7.89. The van der Waals surface area contributed by atoms with Gasteiger partial charge in [0.05, 0.1) is 23.2 Å². The Morgan fingerprint density at radius 1 is 1.03 bits per heavy atom. The Morgan fingerprint density at radius 2 is 1.85 bits per heavy atom. The molecule has 0 unspecified atom stereocenters. The van der Waals surface area contributed by atoms with Gasteiger partial charge in [-0.15, -0.1) is 0 Å². The molecule has 0 saturated carbocycles. The van der Waals surface area contributed by atoms with Crippen LogP contribution in [-0.2, 0) is 16.6 Å². The minimum Gasteiger partial charge on any atom is -0.322 e. The number of pyridine rings is 1. The molecule has 0 radical (unpaired) electrons. The molecule has 2 aromatic heterocycles. The second-order valence-electron chi connectivity index (χ2n) is 7.66. The van der Waals surface area contributed by atoms with Gasteiger partial charge in [-0.2, -0.15) is 5.10 Å². The monoisotopic (exact) mass is 463 g/mol. The maximum Gasteiger partial charge on any atom is 0.257 e. The van der Waals surface area contributed by atoms with E-state index in [1.807, 2.05) is 37.3 Å². The Morgan fingerprint density at radius 3 is 2.64 bits per heavy atom. The summed E-state index contributed by atoms with van der Waals surface area (Å²) in [7, 11) is -3.63. The Balaban J connectivity index is 1.49. The first-order valence-electron chi connectivity index (χ1n) is 10.7. The molecule has 2 N–H and O–H groups in total. The quantitative estimate of drug-likeness (QED) is 0.367. The molecular formula is C24H25N5O3S. The number of hydrogen-bond donors (Lipinski definition) is 2. The molecule has 0 aliphatic heterocycles. The first-order chi connectivity index (χ1) is 16.0. The molecule has 4 rings (SSSR count). The van der Waals surface area contributed by atoms with Crippen LogP contribution in [-0.4, -0.2) is 35.6 Å². The number of hydrogen-bond acceptors (Lipinski definition) is 5. The van der Waals surface area contributed by atoms with E-state index in [4.69, 9.17) is 0 Å². The van der Waals surface area contributed by atoms with Gasteiger partial charge in [-0.05, 0) is 36.2 Å². The molecule has 2 heterocycles. The van der Waals surface area contributed by atoms with Crippen molar-refractivity contribution in [1.82, 2.24) is 19.5 Å². The van der Waals surface area contributed by atoms with Crippen LogP contribution in [0.2, 0.25) is 0 Å². The van der Waals surface area contributed by atoms with Gasteiger partial charge in [0.2, 0.25) is 10.0 Å². The van der Waals surface area contributed by atoms with Crippen LogP contribution in [0.4, 0.5) is 5.69 Å².